The summed E-state index contributed by atoms with van der Waals surface area (Å²) in [5.74, 6) is 0.560. The van der Waals surface area contributed by atoms with Crippen molar-refractivity contribution in [2.45, 2.75) is 26.3 Å². The third kappa shape index (κ3) is 2.22. The number of aromatic nitrogens is 2. The number of benzene rings is 1. The minimum Gasteiger partial charge on any atom is -0.342 e. The molecule has 0 aliphatic heterocycles. The van der Waals surface area contributed by atoms with Crippen molar-refractivity contribution >= 4 is 11.0 Å². The minimum atomic E-state index is -0.267. The zero-order chi connectivity index (χ0) is 11.5. The van der Waals surface area contributed by atoms with Gasteiger partial charge in [-0.05, 0) is 25.6 Å². The molecule has 4 heteroatoms. The van der Waals surface area contributed by atoms with Gasteiger partial charge in [-0.1, -0.05) is 13.0 Å². The van der Waals surface area contributed by atoms with Gasteiger partial charge in [0.05, 0.1) is 5.52 Å². The molecular formula is C12H16FN3. The molecule has 0 saturated carbocycles. The summed E-state index contributed by atoms with van der Waals surface area (Å²) in [5.41, 5.74) is 1.19. The first-order chi connectivity index (χ1) is 7.70. The van der Waals surface area contributed by atoms with Crippen LogP contribution in [0.1, 0.15) is 19.7 Å². The van der Waals surface area contributed by atoms with E-state index in [4.69, 9.17) is 0 Å². The second-order valence-electron chi connectivity index (χ2n) is 3.98. The van der Waals surface area contributed by atoms with Crippen LogP contribution in [0.15, 0.2) is 18.2 Å². The van der Waals surface area contributed by atoms with Crippen LogP contribution in [-0.2, 0) is 6.42 Å². The van der Waals surface area contributed by atoms with Crippen LogP contribution in [0, 0.1) is 5.82 Å². The molecular weight excluding hydrogens is 205 g/mol. The van der Waals surface area contributed by atoms with Crippen molar-refractivity contribution in [3.8, 4) is 0 Å². The molecule has 2 N–H and O–H groups in total. The number of rotatable bonds is 4. The SMILES string of the molecule is CCN[C@@H](C)Cc1nc2c(F)cccc2[nH]1. The molecule has 2 rings (SSSR count). The maximum Gasteiger partial charge on any atom is 0.151 e. The first-order valence-electron chi connectivity index (χ1n) is 5.57. The topological polar surface area (TPSA) is 40.7 Å². The Hall–Kier alpha value is -1.42. The summed E-state index contributed by atoms with van der Waals surface area (Å²) in [6.07, 6.45) is 0.780. The fourth-order valence-electron chi connectivity index (χ4n) is 1.86. The third-order valence-electron chi connectivity index (χ3n) is 2.56. The first kappa shape index (κ1) is 11.1. The van der Waals surface area contributed by atoms with Gasteiger partial charge in [0.25, 0.3) is 0 Å². The predicted octanol–water partition coefficient (Wildman–Crippen LogP) is 2.24. The van der Waals surface area contributed by atoms with Crippen LogP contribution in [0.2, 0.25) is 0 Å². The van der Waals surface area contributed by atoms with Crippen molar-refractivity contribution in [3.05, 3.63) is 29.8 Å². The normalized spacial score (nSPS) is 13.2. The molecule has 0 fully saturated rings. The average Bonchev–Trinajstić information content (AvgIpc) is 2.62. The van der Waals surface area contributed by atoms with E-state index in [0.29, 0.717) is 11.6 Å². The number of nitrogens with one attached hydrogen (secondary N) is 2. The molecule has 0 aliphatic carbocycles. The van der Waals surface area contributed by atoms with Crippen LogP contribution < -0.4 is 5.32 Å². The number of fused-ring (bicyclic) bond motifs is 1. The molecule has 16 heavy (non-hydrogen) atoms. The summed E-state index contributed by atoms with van der Waals surface area (Å²) in [6, 6.07) is 5.30. The number of likely N-dealkylation sites (N-methyl/N-ethyl adjacent to an activating group) is 1. The lowest BCUT2D eigenvalue weighted by atomic mass is 10.2. The van der Waals surface area contributed by atoms with E-state index < -0.39 is 0 Å². The molecule has 2 aromatic rings. The van der Waals surface area contributed by atoms with Gasteiger partial charge in [-0.15, -0.1) is 0 Å². The molecule has 0 aliphatic rings. The van der Waals surface area contributed by atoms with Crippen LogP contribution in [-0.4, -0.2) is 22.6 Å². The lowest BCUT2D eigenvalue weighted by Crippen LogP contribution is -2.27. The van der Waals surface area contributed by atoms with Gasteiger partial charge in [-0.2, -0.15) is 0 Å². The Morgan fingerprint density at radius 3 is 3.00 bits per heavy atom. The molecule has 0 radical (unpaired) electrons. The van der Waals surface area contributed by atoms with Gasteiger partial charge in [-0.25, -0.2) is 9.37 Å². The molecule has 0 spiro atoms. The molecule has 1 heterocycles. The van der Waals surface area contributed by atoms with E-state index in [-0.39, 0.29) is 5.82 Å². The number of aromatic amines is 1. The Bertz CT molecular complexity index is 478. The highest BCUT2D eigenvalue weighted by Gasteiger charge is 2.09. The largest absolute Gasteiger partial charge is 0.342 e. The zero-order valence-electron chi connectivity index (χ0n) is 9.55. The van der Waals surface area contributed by atoms with Crippen molar-refractivity contribution in [2.75, 3.05) is 6.54 Å². The van der Waals surface area contributed by atoms with Gasteiger partial charge in [-0.3, -0.25) is 0 Å². The lowest BCUT2D eigenvalue weighted by Gasteiger charge is -2.09. The lowest BCUT2D eigenvalue weighted by molar-refractivity contribution is 0.555. The number of para-hydroxylation sites is 1. The molecule has 86 valence electrons. The maximum atomic E-state index is 13.4. The predicted molar refractivity (Wildman–Crippen MR) is 62.9 cm³/mol. The van der Waals surface area contributed by atoms with Crippen LogP contribution in [0.5, 0.6) is 0 Å². The first-order valence-corrected chi connectivity index (χ1v) is 5.57. The van der Waals surface area contributed by atoms with Gasteiger partial charge in [0.1, 0.15) is 11.3 Å². The van der Waals surface area contributed by atoms with Crippen LogP contribution >= 0.6 is 0 Å². The molecule has 0 bridgehead atoms. The number of hydrogen-bond acceptors (Lipinski definition) is 2. The third-order valence-corrected chi connectivity index (χ3v) is 2.56. The average molecular weight is 221 g/mol. The van der Waals surface area contributed by atoms with Crippen molar-refractivity contribution < 1.29 is 4.39 Å². The molecule has 1 aromatic heterocycles. The highest BCUT2D eigenvalue weighted by Crippen LogP contribution is 2.15. The fourth-order valence-corrected chi connectivity index (χ4v) is 1.86. The summed E-state index contributed by atoms with van der Waals surface area (Å²) in [6.45, 7) is 5.08. The number of nitrogens with zero attached hydrogens (tertiary/aromatic N) is 1. The number of imidazole rings is 1. The van der Waals surface area contributed by atoms with Gasteiger partial charge < -0.3 is 10.3 Å². The van der Waals surface area contributed by atoms with Gasteiger partial charge >= 0.3 is 0 Å². The highest BCUT2D eigenvalue weighted by molar-refractivity contribution is 5.75. The van der Waals surface area contributed by atoms with E-state index in [1.165, 1.54) is 6.07 Å². The Balaban J connectivity index is 2.23. The van der Waals surface area contributed by atoms with Crippen molar-refractivity contribution in [1.82, 2.24) is 15.3 Å². The van der Waals surface area contributed by atoms with E-state index in [1.807, 2.05) is 6.07 Å². The van der Waals surface area contributed by atoms with Crippen molar-refractivity contribution in [1.29, 1.82) is 0 Å². The summed E-state index contributed by atoms with van der Waals surface area (Å²) < 4.78 is 13.4. The van der Waals surface area contributed by atoms with Gasteiger partial charge in [0.15, 0.2) is 5.82 Å². The van der Waals surface area contributed by atoms with Crippen LogP contribution in [0.4, 0.5) is 4.39 Å². The maximum absolute atomic E-state index is 13.4. The molecule has 0 unspecified atom stereocenters. The number of halogens is 1. The van der Waals surface area contributed by atoms with E-state index in [9.17, 15) is 4.39 Å². The van der Waals surface area contributed by atoms with E-state index in [2.05, 4.69) is 29.1 Å². The van der Waals surface area contributed by atoms with E-state index in [1.54, 1.807) is 6.07 Å². The summed E-state index contributed by atoms with van der Waals surface area (Å²) >= 11 is 0. The van der Waals surface area contributed by atoms with E-state index in [0.717, 1.165) is 24.3 Å². The summed E-state index contributed by atoms with van der Waals surface area (Å²) in [5, 5.41) is 3.30. The minimum absolute atomic E-state index is 0.267. The summed E-state index contributed by atoms with van der Waals surface area (Å²) in [4.78, 5) is 7.40. The smallest absolute Gasteiger partial charge is 0.151 e. The fraction of sp³-hybridized carbons (Fsp3) is 0.417. The molecule has 1 aromatic carbocycles. The highest BCUT2D eigenvalue weighted by atomic mass is 19.1. The zero-order valence-corrected chi connectivity index (χ0v) is 9.55. The Kier molecular flexibility index (Phi) is 3.19. The molecule has 0 amide bonds. The monoisotopic (exact) mass is 221 g/mol. The summed E-state index contributed by atoms with van der Waals surface area (Å²) in [7, 11) is 0. The van der Waals surface area contributed by atoms with Gasteiger partial charge in [0, 0.05) is 12.5 Å². The molecule has 3 nitrogen and oxygen atoms in total. The second-order valence-corrected chi connectivity index (χ2v) is 3.98. The number of hydrogen-bond donors (Lipinski definition) is 2. The quantitative estimate of drug-likeness (QED) is 0.831. The second kappa shape index (κ2) is 4.61. The van der Waals surface area contributed by atoms with Crippen molar-refractivity contribution in [2.24, 2.45) is 0 Å². The Labute approximate surface area is 94.1 Å². The standard InChI is InChI=1S/C12H16FN3/c1-3-14-8(2)7-11-15-10-6-4-5-9(13)12(10)16-11/h4-6,8,14H,3,7H2,1-2H3,(H,15,16)/t8-/m0/s1. The van der Waals surface area contributed by atoms with Crippen LogP contribution in [0.25, 0.3) is 11.0 Å². The molecule has 1 atom stereocenters. The Morgan fingerprint density at radius 2 is 2.31 bits per heavy atom. The van der Waals surface area contributed by atoms with Crippen molar-refractivity contribution in [3.63, 3.8) is 0 Å². The van der Waals surface area contributed by atoms with E-state index >= 15 is 0 Å². The van der Waals surface area contributed by atoms with Gasteiger partial charge in [0.2, 0.25) is 0 Å². The molecule has 0 saturated heterocycles. The van der Waals surface area contributed by atoms with Crippen LogP contribution in [0.3, 0.4) is 0 Å². The Morgan fingerprint density at radius 1 is 1.50 bits per heavy atom. The number of H-pyrrole nitrogens is 1.